The highest BCUT2D eigenvalue weighted by molar-refractivity contribution is 7.89. The second-order valence-corrected chi connectivity index (χ2v) is 8.73. The Bertz CT molecular complexity index is 710. The van der Waals surface area contributed by atoms with Crippen LogP contribution in [0.4, 0.5) is 0 Å². The Kier molecular flexibility index (Phi) is 6.46. The minimum absolute atomic E-state index is 0.136. The standard InChI is InChI=1S/C18H28N2O4S/c1-5-24-17-7-6-16(12-15(17)3)25(22,23)19(4)13-18(21)20-10-8-14(2)9-11-20/h6-7,12,14H,5,8-11,13H2,1-4H3. The normalized spacial score (nSPS) is 16.3. The molecule has 2 rings (SSSR count). The fourth-order valence-electron chi connectivity index (χ4n) is 2.91. The lowest BCUT2D eigenvalue weighted by Crippen LogP contribution is -2.44. The number of rotatable bonds is 6. The third kappa shape index (κ3) is 4.73. The zero-order chi connectivity index (χ0) is 18.6. The lowest BCUT2D eigenvalue weighted by Gasteiger charge is -2.31. The molecular weight excluding hydrogens is 340 g/mol. The van der Waals surface area contributed by atoms with Gasteiger partial charge in [-0.3, -0.25) is 4.79 Å². The number of nitrogens with zero attached hydrogens (tertiary/aromatic N) is 2. The van der Waals surface area contributed by atoms with Crippen LogP contribution in [-0.4, -0.2) is 56.8 Å². The molecule has 1 aromatic carbocycles. The van der Waals surface area contributed by atoms with Gasteiger partial charge in [-0.25, -0.2) is 8.42 Å². The highest BCUT2D eigenvalue weighted by Gasteiger charge is 2.27. The van der Waals surface area contributed by atoms with Crippen molar-refractivity contribution in [1.82, 2.24) is 9.21 Å². The van der Waals surface area contributed by atoms with E-state index in [4.69, 9.17) is 4.74 Å². The van der Waals surface area contributed by atoms with Crippen LogP contribution in [-0.2, 0) is 14.8 Å². The third-order valence-corrected chi connectivity index (χ3v) is 6.45. The van der Waals surface area contributed by atoms with E-state index in [1.165, 1.54) is 13.1 Å². The first-order valence-electron chi connectivity index (χ1n) is 8.73. The number of sulfonamides is 1. The van der Waals surface area contributed by atoms with Gasteiger partial charge < -0.3 is 9.64 Å². The summed E-state index contributed by atoms with van der Waals surface area (Å²) in [4.78, 5) is 14.3. The zero-order valence-electron chi connectivity index (χ0n) is 15.5. The summed E-state index contributed by atoms with van der Waals surface area (Å²) in [6, 6.07) is 4.77. The number of likely N-dealkylation sites (N-methyl/N-ethyl adjacent to an activating group) is 1. The van der Waals surface area contributed by atoms with Crippen LogP contribution in [0, 0.1) is 12.8 Å². The van der Waals surface area contributed by atoms with Gasteiger partial charge in [-0.05, 0) is 56.4 Å². The van der Waals surface area contributed by atoms with E-state index in [1.807, 2.05) is 13.8 Å². The lowest BCUT2D eigenvalue weighted by molar-refractivity contribution is -0.132. The van der Waals surface area contributed by atoms with Crippen LogP contribution in [0.3, 0.4) is 0 Å². The van der Waals surface area contributed by atoms with Gasteiger partial charge in [0, 0.05) is 20.1 Å². The van der Waals surface area contributed by atoms with Crippen molar-refractivity contribution >= 4 is 15.9 Å². The number of carbonyl (C=O) groups excluding carboxylic acids is 1. The Balaban J connectivity index is 2.08. The number of carbonyl (C=O) groups is 1. The molecule has 140 valence electrons. The zero-order valence-corrected chi connectivity index (χ0v) is 16.3. The number of aryl methyl sites for hydroxylation is 1. The third-order valence-electron chi connectivity index (χ3n) is 4.65. The maximum Gasteiger partial charge on any atom is 0.243 e. The van der Waals surface area contributed by atoms with E-state index >= 15 is 0 Å². The Morgan fingerprint density at radius 3 is 2.52 bits per heavy atom. The number of hydrogen-bond donors (Lipinski definition) is 0. The van der Waals surface area contributed by atoms with Gasteiger partial charge in [0.2, 0.25) is 15.9 Å². The number of piperidine rings is 1. The van der Waals surface area contributed by atoms with Gasteiger partial charge in [0.05, 0.1) is 18.0 Å². The second-order valence-electron chi connectivity index (χ2n) is 6.68. The van der Waals surface area contributed by atoms with E-state index in [1.54, 1.807) is 17.0 Å². The van der Waals surface area contributed by atoms with Crippen molar-refractivity contribution in [2.24, 2.45) is 5.92 Å². The molecule has 0 spiro atoms. The largest absolute Gasteiger partial charge is 0.494 e. The Labute approximate surface area is 150 Å². The van der Waals surface area contributed by atoms with E-state index in [-0.39, 0.29) is 17.3 Å². The van der Waals surface area contributed by atoms with Gasteiger partial charge in [-0.2, -0.15) is 4.31 Å². The summed E-state index contributed by atoms with van der Waals surface area (Å²) in [6.07, 6.45) is 1.95. The fourth-order valence-corrected chi connectivity index (χ4v) is 4.12. The quantitative estimate of drug-likeness (QED) is 0.773. The SMILES string of the molecule is CCOc1ccc(S(=O)(=O)N(C)CC(=O)N2CCC(C)CC2)cc1C. The molecule has 0 unspecified atom stereocenters. The molecule has 1 fully saturated rings. The van der Waals surface area contributed by atoms with Crippen LogP contribution in [0.1, 0.15) is 32.3 Å². The van der Waals surface area contributed by atoms with E-state index in [2.05, 4.69) is 6.92 Å². The molecule has 1 saturated heterocycles. The maximum absolute atomic E-state index is 12.7. The van der Waals surface area contributed by atoms with Crippen LogP contribution >= 0.6 is 0 Å². The van der Waals surface area contributed by atoms with Crippen molar-refractivity contribution in [3.8, 4) is 5.75 Å². The van der Waals surface area contributed by atoms with Gasteiger partial charge in [-0.15, -0.1) is 0 Å². The molecule has 1 aliphatic heterocycles. The van der Waals surface area contributed by atoms with Gasteiger partial charge in [0.1, 0.15) is 5.75 Å². The Hall–Kier alpha value is -1.60. The second kappa shape index (κ2) is 8.19. The average Bonchev–Trinajstić information content (AvgIpc) is 2.57. The summed E-state index contributed by atoms with van der Waals surface area (Å²) in [5, 5.41) is 0. The topological polar surface area (TPSA) is 66.9 Å². The smallest absolute Gasteiger partial charge is 0.243 e. The molecule has 1 aromatic rings. The minimum atomic E-state index is -3.71. The van der Waals surface area contributed by atoms with Gasteiger partial charge in [0.15, 0.2) is 0 Å². The molecule has 1 amide bonds. The molecule has 0 saturated carbocycles. The molecule has 1 heterocycles. The number of ether oxygens (including phenoxy) is 1. The maximum atomic E-state index is 12.7. The first-order chi connectivity index (χ1) is 11.8. The molecule has 0 aromatic heterocycles. The molecule has 0 N–H and O–H groups in total. The van der Waals surface area contributed by atoms with Crippen LogP contribution in [0.5, 0.6) is 5.75 Å². The number of benzene rings is 1. The Morgan fingerprint density at radius 2 is 1.96 bits per heavy atom. The Morgan fingerprint density at radius 1 is 1.32 bits per heavy atom. The fraction of sp³-hybridized carbons (Fsp3) is 0.611. The summed E-state index contributed by atoms with van der Waals surface area (Å²) in [5.41, 5.74) is 0.757. The minimum Gasteiger partial charge on any atom is -0.494 e. The highest BCUT2D eigenvalue weighted by atomic mass is 32.2. The van der Waals surface area contributed by atoms with E-state index in [9.17, 15) is 13.2 Å². The lowest BCUT2D eigenvalue weighted by atomic mass is 9.99. The van der Waals surface area contributed by atoms with Crippen molar-refractivity contribution < 1.29 is 17.9 Å². The predicted molar refractivity (Wildman–Crippen MR) is 97.1 cm³/mol. The molecule has 1 aliphatic rings. The molecule has 25 heavy (non-hydrogen) atoms. The average molecular weight is 368 g/mol. The van der Waals surface area contributed by atoms with Crippen LogP contribution in [0.15, 0.2) is 23.1 Å². The molecule has 7 heteroatoms. The summed E-state index contributed by atoms with van der Waals surface area (Å²) in [5.74, 6) is 1.15. The van der Waals surface area contributed by atoms with Crippen molar-refractivity contribution in [3.63, 3.8) is 0 Å². The molecule has 0 bridgehead atoms. The van der Waals surface area contributed by atoms with Gasteiger partial charge in [0.25, 0.3) is 0 Å². The van der Waals surface area contributed by atoms with E-state index in [0.717, 1.165) is 22.7 Å². The van der Waals surface area contributed by atoms with Crippen molar-refractivity contribution in [3.05, 3.63) is 23.8 Å². The highest BCUT2D eigenvalue weighted by Crippen LogP contribution is 2.24. The molecular formula is C18H28N2O4S. The van der Waals surface area contributed by atoms with Gasteiger partial charge >= 0.3 is 0 Å². The van der Waals surface area contributed by atoms with Crippen molar-refractivity contribution in [2.45, 2.75) is 38.5 Å². The molecule has 0 radical (unpaired) electrons. The first-order valence-corrected chi connectivity index (χ1v) is 10.2. The van der Waals surface area contributed by atoms with E-state index < -0.39 is 10.0 Å². The van der Waals surface area contributed by atoms with Crippen molar-refractivity contribution in [2.75, 3.05) is 33.3 Å². The van der Waals surface area contributed by atoms with Gasteiger partial charge in [-0.1, -0.05) is 6.92 Å². The molecule has 0 atom stereocenters. The van der Waals surface area contributed by atoms with Crippen LogP contribution < -0.4 is 4.74 Å². The summed E-state index contributed by atoms with van der Waals surface area (Å²) in [7, 11) is -2.26. The molecule has 6 nitrogen and oxygen atoms in total. The summed E-state index contributed by atoms with van der Waals surface area (Å²) >= 11 is 0. The predicted octanol–water partition coefficient (Wildman–Crippen LogP) is 2.27. The van der Waals surface area contributed by atoms with Crippen LogP contribution in [0.2, 0.25) is 0 Å². The molecule has 0 aliphatic carbocycles. The first kappa shape index (κ1) is 19.7. The van der Waals surface area contributed by atoms with E-state index in [0.29, 0.717) is 31.4 Å². The monoisotopic (exact) mass is 368 g/mol. The number of hydrogen-bond acceptors (Lipinski definition) is 4. The summed E-state index contributed by atoms with van der Waals surface area (Å²) < 4.78 is 32.1. The van der Waals surface area contributed by atoms with Crippen molar-refractivity contribution in [1.29, 1.82) is 0 Å². The number of likely N-dealkylation sites (tertiary alicyclic amines) is 1. The number of amides is 1. The van der Waals surface area contributed by atoms with Crippen LogP contribution in [0.25, 0.3) is 0 Å². The summed E-state index contributed by atoms with van der Waals surface area (Å²) in [6.45, 7) is 7.66.